The van der Waals surface area contributed by atoms with Gasteiger partial charge in [0.2, 0.25) is 5.91 Å². The fourth-order valence-corrected chi connectivity index (χ4v) is 3.46. The zero-order valence-electron chi connectivity index (χ0n) is 15.3. The summed E-state index contributed by atoms with van der Waals surface area (Å²) in [5, 5.41) is 3.11. The van der Waals surface area contributed by atoms with Gasteiger partial charge in [-0.15, -0.1) is 0 Å². The Labute approximate surface area is 158 Å². The van der Waals surface area contributed by atoms with E-state index < -0.39 is 0 Å². The van der Waals surface area contributed by atoms with Gasteiger partial charge in [-0.25, -0.2) is 4.79 Å². The Bertz CT molecular complexity index is 579. The summed E-state index contributed by atoms with van der Waals surface area (Å²) >= 11 is 3.42. The molecule has 1 unspecified atom stereocenters. The highest BCUT2D eigenvalue weighted by molar-refractivity contribution is 9.10. The van der Waals surface area contributed by atoms with Crippen LogP contribution in [0.4, 0.5) is 4.79 Å². The van der Waals surface area contributed by atoms with Gasteiger partial charge in [0.05, 0.1) is 6.04 Å². The number of carbonyl (C=O) groups is 2. The Morgan fingerprint density at radius 1 is 1.20 bits per heavy atom. The first-order valence-electron chi connectivity index (χ1n) is 9.05. The molecule has 1 aliphatic rings. The number of carbonyl (C=O) groups excluding carboxylic acids is 2. The zero-order chi connectivity index (χ0) is 18.4. The number of hydrogen-bond acceptors (Lipinski definition) is 2. The van der Waals surface area contributed by atoms with Gasteiger partial charge in [0.15, 0.2) is 0 Å². The highest BCUT2D eigenvalue weighted by atomic mass is 79.9. The lowest BCUT2D eigenvalue weighted by Crippen LogP contribution is -2.48. The van der Waals surface area contributed by atoms with Crippen molar-refractivity contribution in [2.24, 2.45) is 5.92 Å². The van der Waals surface area contributed by atoms with E-state index in [1.165, 1.54) is 0 Å². The molecule has 3 amide bonds. The first-order valence-corrected chi connectivity index (χ1v) is 9.85. The molecule has 1 heterocycles. The minimum Gasteiger partial charge on any atom is -0.349 e. The molecular weight excluding hydrogens is 382 g/mol. The van der Waals surface area contributed by atoms with Gasteiger partial charge in [-0.3, -0.25) is 4.79 Å². The van der Waals surface area contributed by atoms with Crippen molar-refractivity contribution in [2.45, 2.75) is 39.7 Å². The van der Waals surface area contributed by atoms with Crippen molar-refractivity contribution in [3.05, 3.63) is 34.3 Å². The smallest absolute Gasteiger partial charge is 0.319 e. The molecule has 1 N–H and O–H groups in total. The maximum atomic E-state index is 12.5. The molecule has 0 aromatic heterocycles. The number of urea groups is 1. The molecule has 6 heteroatoms. The van der Waals surface area contributed by atoms with Crippen molar-refractivity contribution in [1.29, 1.82) is 0 Å². The van der Waals surface area contributed by atoms with Gasteiger partial charge in [0.1, 0.15) is 0 Å². The summed E-state index contributed by atoms with van der Waals surface area (Å²) in [6.45, 7) is 8.73. The van der Waals surface area contributed by atoms with Crippen molar-refractivity contribution in [3.8, 4) is 0 Å². The van der Waals surface area contributed by atoms with Crippen LogP contribution in [0.2, 0.25) is 0 Å². The lowest BCUT2D eigenvalue weighted by molar-refractivity contribution is -0.127. The molecule has 1 aromatic rings. The third kappa shape index (κ3) is 5.21. The quantitative estimate of drug-likeness (QED) is 0.803. The number of halogens is 1. The van der Waals surface area contributed by atoms with Gasteiger partial charge in [-0.05, 0) is 51.3 Å². The van der Waals surface area contributed by atoms with Gasteiger partial charge in [0.25, 0.3) is 0 Å². The van der Waals surface area contributed by atoms with E-state index in [9.17, 15) is 9.59 Å². The predicted molar refractivity (Wildman–Crippen MR) is 103 cm³/mol. The largest absolute Gasteiger partial charge is 0.349 e. The van der Waals surface area contributed by atoms with Gasteiger partial charge in [0, 0.05) is 36.6 Å². The maximum absolute atomic E-state index is 12.5. The Kier molecular flexibility index (Phi) is 7.29. The van der Waals surface area contributed by atoms with E-state index >= 15 is 0 Å². The minimum atomic E-state index is -0.0177. The number of nitrogens with one attached hydrogen (secondary N) is 1. The Morgan fingerprint density at radius 2 is 1.76 bits per heavy atom. The summed E-state index contributed by atoms with van der Waals surface area (Å²) in [5.41, 5.74) is 1.09. The van der Waals surface area contributed by atoms with Crippen molar-refractivity contribution >= 4 is 27.9 Å². The molecule has 0 radical (unpaired) electrons. The van der Waals surface area contributed by atoms with E-state index in [0.29, 0.717) is 13.1 Å². The predicted octanol–water partition coefficient (Wildman–Crippen LogP) is 3.80. The number of benzene rings is 1. The van der Waals surface area contributed by atoms with Crippen LogP contribution in [0.15, 0.2) is 28.7 Å². The second-order valence-electron chi connectivity index (χ2n) is 6.50. The summed E-state index contributed by atoms with van der Waals surface area (Å²) in [4.78, 5) is 28.6. The van der Waals surface area contributed by atoms with Crippen molar-refractivity contribution in [2.75, 3.05) is 26.2 Å². The van der Waals surface area contributed by atoms with E-state index in [-0.39, 0.29) is 23.9 Å². The number of nitrogens with zero attached hydrogens (tertiary/aromatic N) is 2. The van der Waals surface area contributed by atoms with Crippen LogP contribution in [0.25, 0.3) is 0 Å². The van der Waals surface area contributed by atoms with E-state index in [0.717, 1.165) is 36.0 Å². The average Bonchev–Trinajstić information content (AvgIpc) is 2.63. The molecular formula is C19H28BrN3O2. The summed E-state index contributed by atoms with van der Waals surface area (Å²) in [6, 6.07) is 8.06. The van der Waals surface area contributed by atoms with Crippen LogP contribution in [0, 0.1) is 5.92 Å². The summed E-state index contributed by atoms with van der Waals surface area (Å²) < 4.78 is 1.03. The Balaban J connectivity index is 1.84. The van der Waals surface area contributed by atoms with Gasteiger partial charge >= 0.3 is 6.03 Å². The van der Waals surface area contributed by atoms with E-state index in [1.807, 2.05) is 54.8 Å². The molecule has 25 heavy (non-hydrogen) atoms. The van der Waals surface area contributed by atoms with Crippen molar-refractivity contribution in [3.63, 3.8) is 0 Å². The molecule has 0 spiro atoms. The summed E-state index contributed by atoms with van der Waals surface area (Å²) in [5.74, 6) is 0.0732. The molecule has 5 nitrogen and oxygen atoms in total. The number of amides is 3. The number of hydrogen-bond donors (Lipinski definition) is 1. The van der Waals surface area contributed by atoms with Crippen LogP contribution in [0.1, 0.15) is 45.2 Å². The number of piperidine rings is 1. The van der Waals surface area contributed by atoms with Crippen LogP contribution in [0.5, 0.6) is 0 Å². The molecule has 1 saturated heterocycles. The summed E-state index contributed by atoms with van der Waals surface area (Å²) in [7, 11) is 0. The fourth-order valence-electron chi connectivity index (χ4n) is 3.19. The average molecular weight is 410 g/mol. The molecule has 0 saturated carbocycles. The van der Waals surface area contributed by atoms with Gasteiger partial charge in [-0.2, -0.15) is 0 Å². The highest BCUT2D eigenvalue weighted by Crippen LogP contribution is 2.21. The van der Waals surface area contributed by atoms with Crippen LogP contribution >= 0.6 is 15.9 Å². The maximum Gasteiger partial charge on any atom is 0.319 e. The second kappa shape index (κ2) is 9.22. The van der Waals surface area contributed by atoms with Gasteiger partial charge in [-0.1, -0.05) is 28.1 Å². The van der Waals surface area contributed by atoms with Gasteiger partial charge < -0.3 is 15.1 Å². The summed E-state index contributed by atoms with van der Waals surface area (Å²) in [6.07, 6.45) is 1.46. The lowest BCUT2D eigenvalue weighted by atomic mass is 9.95. The second-order valence-corrected chi connectivity index (χ2v) is 7.41. The molecule has 2 rings (SSSR count). The van der Waals surface area contributed by atoms with E-state index in [4.69, 9.17) is 0 Å². The van der Waals surface area contributed by atoms with Crippen LogP contribution < -0.4 is 5.32 Å². The molecule has 0 aliphatic carbocycles. The number of likely N-dealkylation sites (tertiary alicyclic amines) is 1. The first kappa shape index (κ1) is 19.8. The molecule has 1 aromatic carbocycles. The SMILES string of the molecule is CCN(CC)C(=O)N1CCC(C(=O)NC(C)c2ccc(Br)cc2)CC1. The zero-order valence-corrected chi connectivity index (χ0v) is 16.9. The highest BCUT2D eigenvalue weighted by Gasteiger charge is 2.29. The van der Waals surface area contributed by atoms with Crippen molar-refractivity contribution in [1.82, 2.24) is 15.1 Å². The number of rotatable bonds is 5. The van der Waals surface area contributed by atoms with E-state index in [1.54, 1.807) is 0 Å². The molecule has 0 bridgehead atoms. The standard InChI is InChI=1S/C19H28BrN3O2/c1-4-22(5-2)19(25)23-12-10-16(11-13-23)18(24)21-14(3)15-6-8-17(20)9-7-15/h6-9,14,16H,4-5,10-13H2,1-3H3,(H,21,24). The van der Waals surface area contributed by atoms with Crippen molar-refractivity contribution < 1.29 is 9.59 Å². The first-order chi connectivity index (χ1) is 12.0. The Morgan fingerprint density at radius 3 is 2.28 bits per heavy atom. The topological polar surface area (TPSA) is 52.7 Å². The molecule has 138 valence electrons. The van der Waals surface area contributed by atoms with Crippen LogP contribution in [-0.4, -0.2) is 47.9 Å². The van der Waals surface area contributed by atoms with E-state index in [2.05, 4.69) is 21.2 Å². The third-order valence-electron chi connectivity index (χ3n) is 4.90. The monoisotopic (exact) mass is 409 g/mol. The molecule has 1 fully saturated rings. The van der Waals surface area contributed by atoms with Crippen LogP contribution in [-0.2, 0) is 4.79 Å². The fraction of sp³-hybridized carbons (Fsp3) is 0.579. The Hall–Kier alpha value is -1.56. The lowest BCUT2D eigenvalue weighted by Gasteiger charge is -2.35. The minimum absolute atomic E-state index is 0.0151. The molecule has 1 atom stereocenters. The van der Waals surface area contributed by atoms with Crippen LogP contribution in [0.3, 0.4) is 0 Å². The molecule has 1 aliphatic heterocycles. The third-order valence-corrected chi connectivity index (χ3v) is 5.43. The normalized spacial score (nSPS) is 16.4.